The summed E-state index contributed by atoms with van der Waals surface area (Å²) in [6, 6.07) is 42.3. The number of hydrogen-bond acceptors (Lipinski definition) is 4. The van der Waals surface area contributed by atoms with Crippen molar-refractivity contribution in [1.29, 1.82) is 0 Å². The van der Waals surface area contributed by atoms with E-state index in [1.165, 1.54) is 35.4 Å². The molecule has 0 radical (unpaired) electrons. The van der Waals surface area contributed by atoms with Gasteiger partial charge in [-0.25, -0.2) is 4.79 Å². The minimum Gasteiger partial charge on any atom is -0.466 e. The first-order valence-corrected chi connectivity index (χ1v) is 12.6. The summed E-state index contributed by atoms with van der Waals surface area (Å²) in [7, 11) is 1.40. The molecule has 0 spiro atoms. The number of hydrogen-bond donors (Lipinski definition) is 1. The molecule has 0 heterocycles. The Morgan fingerprint density at radius 3 is 1.68 bits per heavy atom. The predicted octanol–water partition coefficient (Wildman–Crippen LogP) is 5.80. The van der Waals surface area contributed by atoms with Gasteiger partial charge in [0.05, 0.1) is 12.6 Å². The van der Waals surface area contributed by atoms with Gasteiger partial charge in [-0.2, -0.15) is 0 Å². The second-order valence-corrected chi connectivity index (χ2v) is 8.92. The Labute approximate surface area is 220 Å². The molecule has 1 N–H and O–H groups in total. The highest BCUT2D eigenvalue weighted by Gasteiger charge is 2.35. The Hall–Kier alpha value is -3.99. The summed E-state index contributed by atoms with van der Waals surface area (Å²) in [5.74, 6) is -0.339. The topological polar surface area (TPSA) is 41.6 Å². The molecular formula is C33H34N2O2. The molecule has 0 unspecified atom stereocenters. The highest BCUT2D eigenvalue weighted by Crippen LogP contribution is 2.36. The lowest BCUT2D eigenvalue weighted by Gasteiger charge is -2.38. The van der Waals surface area contributed by atoms with Crippen molar-refractivity contribution in [2.24, 2.45) is 0 Å². The quantitative estimate of drug-likeness (QED) is 0.155. The number of methoxy groups -OCH3 is 1. The number of ether oxygens (including phenoxy) is 1. The molecule has 37 heavy (non-hydrogen) atoms. The van der Waals surface area contributed by atoms with Gasteiger partial charge in [0.2, 0.25) is 0 Å². The van der Waals surface area contributed by atoms with Crippen LogP contribution in [0.4, 0.5) is 0 Å². The minimum atomic E-state index is -0.510. The molecule has 4 nitrogen and oxygen atoms in total. The Kier molecular flexibility index (Phi) is 9.41. The molecule has 0 atom stereocenters. The van der Waals surface area contributed by atoms with Crippen LogP contribution in [0.25, 0.3) is 0 Å². The fourth-order valence-electron chi connectivity index (χ4n) is 4.71. The van der Waals surface area contributed by atoms with Crippen molar-refractivity contribution in [2.45, 2.75) is 12.1 Å². The van der Waals surface area contributed by atoms with Crippen LogP contribution in [-0.4, -0.2) is 37.6 Å². The second kappa shape index (κ2) is 13.4. The molecule has 0 amide bonds. The first-order chi connectivity index (χ1) is 18.2. The van der Waals surface area contributed by atoms with Crippen molar-refractivity contribution in [3.8, 4) is 0 Å². The molecule has 0 aliphatic carbocycles. The van der Waals surface area contributed by atoms with E-state index in [0.29, 0.717) is 6.54 Å². The van der Waals surface area contributed by atoms with E-state index in [1.807, 2.05) is 12.1 Å². The maximum atomic E-state index is 11.6. The van der Waals surface area contributed by atoms with Crippen LogP contribution in [0.1, 0.15) is 22.3 Å². The summed E-state index contributed by atoms with van der Waals surface area (Å²) < 4.78 is 4.77. The summed E-state index contributed by atoms with van der Waals surface area (Å²) in [5.41, 5.74) is 4.28. The van der Waals surface area contributed by atoms with Gasteiger partial charge in [0.15, 0.2) is 0 Å². The fraction of sp³-hybridized carbons (Fsp3) is 0.182. The average Bonchev–Trinajstić information content (AvgIpc) is 2.97. The van der Waals surface area contributed by atoms with Crippen molar-refractivity contribution in [3.63, 3.8) is 0 Å². The van der Waals surface area contributed by atoms with Gasteiger partial charge in [0.25, 0.3) is 0 Å². The molecule has 0 aliphatic heterocycles. The summed E-state index contributed by atoms with van der Waals surface area (Å²) in [4.78, 5) is 14.0. The minimum absolute atomic E-state index is 0.339. The third-order valence-corrected chi connectivity index (χ3v) is 6.51. The summed E-state index contributed by atoms with van der Waals surface area (Å²) in [5, 5.41) is 3.95. The highest BCUT2D eigenvalue weighted by atomic mass is 16.5. The number of nitrogens with one attached hydrogen (secondary N) is 1. The van der Waals surface area contributed by atoms with E-state index in [2.05, 4.69) is 125 Å². The Bertz CT molecular complexity index is 1150. The summed E-state index contributed by atoms with van der Waals surface area (Å²) in [6.07, 6.45) is 3.36. The van der Waals surface area contributed by atoms with Crippen LogP contribution in [0.2, 0.25) is 0 Å². The smallest absolute Gasteiger partial charge is 0.330 e. The van der Waals surface area contributed by atoms with Crippen LogP contribution >= 0.6 is 0 Å². The standard InChI is InChI=1S/C33H34N2O2/c1-37-32(36)23-14-25-35(27-28-15-6-2-7-16-28)26-24-34-33(29-17-8-3-9-18-29,30-19-10-4-11-20-30)31-21-12-5-13-22-31/h2-23,34H,24-27H2,1H3/b23-14+. The van der Waals surface area contributed by atoms with Gasteiger partial charge >= 0.3 is 5.97 Å². The summed E-state index contributed by atoms with van der Waals surface area (Å²) in [6.45, 7) is 2.94. The maximum Gasteiger partial charge on any atom is 0.330 e. The van der Waals surface area contributed by atoms with E-state index in [0.717, 1.165) is 19.6 Å². The normalized spacial score (nSPS) is 11.6. The number of esters is 1. The van der Waals surface area contributed by atoms with Gasteiger partial charge < -0.3 is 4.74 Å². The van der Waals surface area contributed by atoms with E-state index in [1.54, 1.807) is 0 Å². The molecule has 0 saturated heterocycles. The van der Waals surface area contributed by atoms with E-state index in [9.17, 15) is 4.79 Å². The fourth-order valence-corrected chi connectivity index (χ4v) is 4.71. The third kappa shape index (κ3) is 6.82. The molecule has 4 aromatic carbocycles. The predicted molar refractivity (Wildman–Crippen MR) is 150 cm³/mol. The van der Waals surface area contributed by atoms with Crippen LogP contribution in [0.5, 0.6) is 0 Å². The Balaban J connectivity index is 1.63. The van der Waals surface area contributed by atoms with Gasteiger partial charge in [-0.3, -0.25) is 10.2 Å². The number of carbonyl (C=O) groups is 1. The molecule has 0 saturated carbocycles. The lowest BCUT2D eigenvalue weighted by molar-refractivity contribution is -0.134. The zero-order valence-electron chi connectivity index (χ0n) is 21.3. The molecule has 188 valence electrons. The molecule has 4 rings (SSSR count). The van der Waals surface area contributed by atoms with Crippen molar-refractivity contribution < 1.29 is 9.53 Å². The van der Waals surface area contributed by atoms with Crippen LogP contribution in [-0.2, 0) is 21.6 Å². The van der Waals surface area contributed by atoms with Gasteiger partial charge in [-0.1, -0.05) is 127 Å². The largest absolute Gasteiger partial charge is 0.466 e. The molecule has 0 bridgehead atoms. The highest BCUT2D eigenvalue weighted by molar-refractivity contribution is 5.81. The molecule has 0 fully saturated rings. The monoisotopic (exact) mass is 490 g/mol. The average molecular weight is 491 g/mol. The Morgan fingerprint density at radius 1 is 0.757 bits per heavy atom. The first-order valence-electron chi connectivity index (χ1n) is 12.6. The van der Waals surface area contributed by atoms with Crippen molar-refractivity contribution in [2.75, 3.05) is 26.7 Å². The van der Waals surface area contributed by atoms with E-state index in [-0.39, 0.29) is 5.97 Å². The zero-order valence-corrected chi connectivity index (χ0v) is 21.3. The van der Waals surface area contributed by atoms with E-state index < -0.39 is 5.54 Å². The number of rotatable bonds is 12. The summed E-state index contributed by atoms with van der Waals surface area (Å²) >= 11 is 0. The molecule has 4 heteroatoms. The first kappa shape index (κ1) is 26.1. The molecule has 4 aromatic rings. The number of nitrogens with zero attached hydrogens (tertiary/aromatic N) is 1. The third-order valence-electron chi connectivity index (χ3n) is 6.51. The van der Waals surface area contributed by atoms with Crippen LogP contribution in [0, 0.1) is 0 Å². The van der Waals surface area contributed by atoms with Gasteiger partial charge in [0, 0.05) is 32.3 Å². The number of carbonyl (C=O) groups excluding carboxylic acids is 1. The maximum absolute atomic E-state index is 11.6. The lowest BCUT2D eigenvalue weighted by atomic mass is 9.77. The van der Waals surface area contributed by atoms with Gasteiger partial charge in [0.1, 0.15) is 0 Å². The SMILES string of the molecule is COC(=O)/C=C/CN(CCNC(c1ccccc1)(c1ccccc1)c1ccccc1)Cc1ccccc1. The van der Waals surface area contributed by atoms with E-state index in [4.69, 9.17) is 4.74 Å². The van der Waals surface area contributed by atoms with Gasteiger partial charge in [-0.15, -0.1) is 0 Å². The number of benzene rings is 4. The van der Waals surface area contributed by atoms with Crippen molar-refractivity contribution in [3.05, 3.63) is 156 Å². The molecule has 0 aliphatic rings. The van der Waals surface area contributed by atoms with Crippen molar-refractivity contribution in [1.82, 2.24) is 10.2 Å². The molecular weight excluding hydrogens is 456 g/mol. The second-order valence-electron chi connectivity index (χ2n) is 8.92. The zero-order chi connectivity index (χ0) is 25.8. The Morgan fingerprint density at radius 2 is 1.22 bits per heavy atom. The van der Waals surface area contributed by atoms with Gasteiger partial charge in [-0.05, 0) is 22.3 Å². The molecule has 0 aromatic heterocycles. The van der Waals surface area contributed by atoms with Crippen LogP contribution in [0.3, 0.4) is 0 Å². The van der Waals surface area contributed by atoms with E-state index >= 15 is 0 Å². The lowest BCUT2D eigenvalue weighted by Crippen LogP contribution is -2.47. The van der Waals surface area contributed by atoms with Crippen molar-refractivity contribution >= 4 is 5.97 Å². The van der Waals surface area contributed by atoms with Crippen LogP contribution < -0.4 is 5.32 Å². The van der Waals surface area contributed by atoms with Crippen LogP contribution in [0.15, 0.2) is 133 Å².